The lowest BCUT2D eigenvalue weighted by Crippen LogP contribution is -2.56. The van der Waals surface area contributed by atoms with E-state index in [1.807, 2.05) is 0 Å². The maximum atomic E-state index is 12.6. The molecule has 2 fully saturated rings. The number of nitrogens with two attached hydrogens (primary N) is 1. The molecule has 20 heavy (non-hydrogen) atoms. The second-order valence-corrected chi connectivity index (χ2v) is 7.58. The first-order chi connectivity index (χ1) is 9.46. The van der Waals surface area contributed by atoms with Crippen LogP contribution in [0.3, 0.4) is 0 Å². The normalized spacial score (nSPS) is 33.4. The fourth-order valence-electron chi connectivity index (χ4n) is 3.93. The summed E-state index contributed by atoms with van der Waals surface area (Å²) >= 11 is 0. The standard InChI is InChI=1S/C17H32N2O/c1-12(2)17(3,11-18)19-16(20)15-9-8-13-6-4-5-7-14(13)10-15/h12-15H,4-11,18H2,1-3H3,(H,19,20). The van der Waals surface area contributed by atoms with Gasteiger partial charge in [0.1, 0.15) is 0 Å². The van der Waals surface area contributed by atoms with Gasteiger partial charge in [0.2, 0.25) is 5.91 Å². The largest absolute Gasteiger partial charge is 0.349 e. The first-order valence-electron chi connectivity index (χ1n) is 8.48. The van der Waals surface area contributed by atoms with Crippen molar-refractivity contribution in [3.05, 3.63) is 0 Å². The fraction of sp³-hybridized carbons (Fsp3) is 0.941. The predicted octanol–water partition coefficient (Wildman–Crippen LogP) is 3.08. The van der Waals surface area contributed by atoms with Crippen molar-refractivity contribution < 1.29 is 4.79 Å². The molecule has 4 unspecified atom stereocenters. The monoisotopic (exact) mass is 280 g/mol. The Morgan fingerprint density at radius 1 is 1.20 bits per heavy atom. The third kappa shape index (κ3) is 3.36. The highest BCUT2D eigenvalue weighted by molar-refractivity contribution is 5.79. The van der Waals surface area contributed by atoms with Crippen LogP contribution in [0.15, 0.2) is 0 Å². The van der Waals surface area contributed by atoms with Crippen LogP contribution in [-0.2, 0) is 4.79 Å². The summed E-state index contributed by atoms with van der Waals surface area (Å²) in [6.07, 6.45) is 8.93. The van der Waals surface area contributed by atoms with E-state index in [9.17, 15) is 4.79 Å². The van der Waals surface area contributed by atoms with Crippen LogP contribution < -0.4 is 11.1 Å². The Labute approximate surface area is 124 Å². The maximum Gasteiger partial charge on any atom is 0.223 e. The molecule has 2 aliphatic rings. The minimum atomic E-state index is -0.263. The van der Waals surface area contributed by atoms with Crippen LogP contribution in [0.1, 0.15) is 65.7 Å². The molecule has 116 valence electrons. The summed E-state index contributed by atoms with van der Waals surface area (Å²) in [5.41, 5.74) is 5.61. The molecule has 3 N–H and O–H groups in total. The van der Waals surface area contributed by atoms with E-state index in [0.29, 0.717) is 12.5 Å². The lowest BCUT2D eigenvalue weighted by Gasteiger charge is -2.41. The third-order valence-electron chi connectivity index (χ3n) is 6.02. The van der Waals surface area contributed by atoms with Gasteiger partial charge in [-0.15, -0.1) is 0 Å². The fourth-order valence-corrected chi connectivity index (χ4v) is 3.93. The number of rotatable bonds is 4. The molecular weight excluding hydrogens is 248 g/mol. The molecule has 2 aliphatic carbocycles. The predicted molar refractivity (Wildman–Crippen MR) is 83.2 cm³/mol. The summed E-state index contributed by atoms with van der Waals surface area (Å²) in [5, 5.41) is 3.24. The van der Waals surface area contributed by atoms with Crippen molar-refractivity contribution in [3.8, 4) is 0 Å². The average molecular weight is 280 g/mol. The molecule has 0 bridgehead atoms. The van der Waals surface area contributed by atoms with Crippen molar-refractivity contribution in [3.63, 3.8) is 0 Å². The number of nitrogens with one attached hydrogen (secondary N) is 1. The van der Waals surface area contributed by atoms with E-state index in [4.69, 9.17) is 5.73 Å². The average Bonchev–Trinajstić information content (AvgIpc) is 2.46. The van der Waals surface area contributed by atoms with Crippen molar-refractivity contribution in [2.45, 2.75) is 71.3 Å². The molecule has 0 radical (unpaired) electrons. The smallest absolute Gasteiger partial charge is 0.223 e. The zero-order valence-corrected chi connectivity index (χ0v) is 13.5. The number of carbonyl (C=O) groups excluding carboxylic acids is 1. The second-order valence-electron chi connectivity index (χ2n) is 7.58. The molecular formula is C17H32N2O. The van der Waals surface area contributed by atoms with Gasteiger partial charge in [0.15, 0.2) is 0 Å². The van der Waals surface area contributed by atoms with Crippen LogP contribution in [0.4, 0.5) is 0 Å². The van der Waals surface area contributed by atoms with E-state index in [2.05, 4.69) is 26.1 Å². The maximum absolute atomic E-state index is 12.6. The Bertz CT molecular complexity index is 342. The van der Waals surface area contributed by atoms with Crippen molar-refractivity contribution in [1.82, 2.24) is 5.32 Å². The van der Waals surface area contributed by atoms with Gasteiger partial charge in [-0.1, -0.05) is 39.5 Å². The molecule has 2 saturated carbocycles. The quantitative estimate of drug-likeness (QED) is 0.831. The van der Waals surface area contributed by atoms with Crippen LogP contribution >= 0.6 is 0 Å². The topological polar surface area (TPSA) is 55.1 Å². The molecule has 0 saturated heterocycles. The van der Waals surface area contributed by atoms with E-state index in [0.717, 1.165) is 24.7 Å². The van der Waals surface area contributed by atoms with E-state index < -0.39 is 0 Å². The first-order valence-corrected chi connectivity index (χ1v) is 8.48. The highest BCUT2D eigenvalue weighted by atomic mass is 16.2. The summed E-state index contributed by atoms with van der Waals surface area (Å²) in [5.74, 6) is 2.53. The van der Waals surface area contributed by atoms with Crippen LogP contribution in [0.2, 0.25) is 0 Å². The molecule has 3 heteroatoms. The van der Waals surface area contributed by atoms with Gasteiger partial charge in [-0.25, -0.2) is 0 Å². The molecule has 1 amide bonds. The SMILES string of the molecule is CC(C)C(C)(CN)NC(=O)C1CCC2CCCCC2C1. The number of fused-ring (bicyclic) bond motifs is 1. The summed E-state index contributed by atoms with van der Waals surface area (Å²) in [6.45, 7) is 6.84. The molecule has 0 aromatic carbocycles. The lowest BCUT2D eigenvalue weighted by atomic mass is 9.67. The molecule has 0 heterocycles. The van der Waals surface area contributed by atoms with E-state index >= 15 is 0 Å². The Kier molecular flexibility index (Phi) is 5.11. The Morgan fingerprint density at radius 2 is 1.85 bits per heavy atom. The zero-order valence-electron chi connectivity index (χ0n) is 13.5. The van der Waals surface area contributed by atoms with E-state index in [1.165, 1.54) is 32.1 Å². The Balaban J connectivity index is 1.93. The molecule has 3 nitrogen and oxygen atoms in total. The van der Waals surface area contributed by atoms with Gasteiger partial charge in [0, 0.05) is 12.5 Å². The number of carbonyl (C=O) groups is 1. The highest BCUT2D eigenvalue weighted by Crippen LogP contribution is 2.42. The summed E-state index contributed by atoms with van der Waals surface area (Å²) < 4.78 is 0. The molecule has 0 spiro atoms. The number of hydrogen-bond acceptors (Lipinski definition) is 2. The van der Waals surface area contributed by atoms with Crippen molar-refractivity contribution in [2.75, 3.05) is 6.54 Å². The van der Waals surface area contributed by atoms with Crippen molar-refractivity contribution >= 4 is 5.91 Å². The van der Waals surface area contributed by atoms with Crippen LogP contribution in [0, 0.1) is 23.7 Å². The van der Waals surface area contributed by atoms with Gasteiger partial charge in [0.25, 0.3) is 0 Å². The van der Waals surface area contributed by atoms with Crippen LogP contribution in [0.5, 0.6) is 0 Å². The lowest BCUT2D eigenvalue weighted by molar-refractivity contribution is -0.129. The van der Waals surface area contributed by atoms with E-state index in [-0.39, 0.29) is 17.4 Å². The van der Waals surface area contributed by atoms with Gasteiger partial charge in [0.05, 0.1) is 5.54 Å². The minimum absolute atomic E-state index is 0.221. The molecule has 0 aromatic heterocycles. The minimum Gasteiger partial charge on any atom is -0.349 e. The highest BCUT2D eigenvalue weighted by Gasteiger charge is 2.37. The molecule has 0 aliphatic heterocycles. The number of hydrogen-bond donors (Lipinski definition) is 2. The molecule has 0 aromatic rings. The second kappa shape index (κ2) is 6.46. The van der Waals surface area contributed by atoms with Gasteiger partial charge in [-0.3, -0.25) is 4.79 Å². The first kappa shape index (κ1) is 15.8. The zero-order chi connectivity index (χ0) is 14.8. The van der Waals surface area contributed by atoms with E-state index in [1.54, 1.807) is 0 Å². The van der Waals surface area contributed by atoms with Gasteiger partial charge in [-0.05, 0) is 43.9 Å². The number of amides is 1. The van der Waals surface area contributed by atoms with Crippen LogP contribution in [0.25, 0.3) is 0 Å². The van der Waals surface area contributed by atoms with Crippen molar-refractivity contribution in [2.24, 2.45) is 29.4 Å². The Hall–Kier alpha value is -0.570. The summed E-state index contributed by atoms with van der Waals surface area (Å²) in [4.78, 5) is 12.6. The van der Waals surface area contributed by atoms with Gasteiger partial charge >= 0.3 is 0 Å². The molecule has 2 rings (SSSR count). The van der Waals surface area contributed by atoms with Crippen LogP contribution in [-0.4, -0.2) is 18.0 Å². The third-order valence-corrected chi connectivity index (χ3v) is 6.02. The summed E-state index contributed by atoms with van der Waals surface area (Å²) in [6, 6.07) is 0. The summed E-state index contributed by atoms with van der Waals surface area (Å²) in [7, 11) is 0. The van der Waals surface area contributed by atoms with Gasteiger partial charge in [-0.2, -0.15) is 0 Å². The molecule has 4 atom stereocenters. The van der Waals surface area contributed by atoms with Crippen molar-refractivity contribution in [1.29, 1.82) is 0 Å². The van der Waals surface area contributed by atoms with Gasteiger partial charge < -0.3 is 11.1 Å². The Morgan fingerprint density at radius 3 is 2.45 bits per heavy atom.